The molecule has 0 amide bonds. The molecule has 3 rings (SSSR count). The van der Waals surface area contributed by atoms with Crippen molar-refractivity contribution in [3.8, 4) is 17.2 Å². The van der Waals surface area contributed by atoms with Crippen molar-refractivity contribution in [2.75, 3.05) is 6.61 Å². The molecule has 0 fully saturated rings. The van der Waals surface area contributed by atoms with Crippen molar-refractivity contribution in [1.82, 2.24) is 9.78 Å². The monoisotopic (exact) mass is 387 g/mol. The van der Waals surface area contributed by atoms with Gasteiger partial charge in [-0.2, -0.15) is 10.4 Å². The van der Waals surface area contributed by atoms with Crippen LogP contribution in [0.4, 0.5) is 0 Å². The van der Waals surface area contributed by atoms with E-state index in [0.29, 0.717) is 24.4 Å². The minimum atomic E-state index is -0.382. The van der Waals surface area contributed by atoms with Crippen LogP contribution in [0.2, 0.25) is 0 Å². The Labute approximate surface area is 171 Å². The van der Waals surface area contributed by atoms with E-state index in [1.54, 1.807) is 6.92 Å². The van der Waals surface area contributed by atoms with Gasteiger partial charge in [-0.25, -0.2) is 4.79 Å². The highest BCUT2D eigenvalue weighted by molar-refractivity contribution is 5.87. The summed E-state index contributed by atoms with van der Waals surface area (Å²) in [6, 6.07) is 19.8. The fourth-order valence-electron chi connectivity index (χ4n) is 3.25. The number of carbonyl (C=O) groups is 1. The first-order valence-corrected chi connectivity index (χ1v) is 9.98. The molecule has 5 heteroatoms. The van der Waals surface area contributed by atoms with Gasteiger partial charge in [-0.3, -0.25) is 4.68 Å². The Morgan fingerprint density at radius 1 is 1.14 bits per heavy atom. The van der Waals surface area contributed by atoms with Crippen LogP contribution < -0.4 is 0 Å². The molecule has 0 unspecified atom stereocenters. The summed E-state index contributed by atoms with van der Waals surface area (Å²) in [7, 11) is 0. The molecule has 0 saturated carbocycles. The first-order chi connectivity index (χ1) is 14.2. The van der Waals surface area contributed by atoms with Crippen LogP contribution in [0.3, 0.4) is 0 Å². The zero-order valence-corrected chi connectivity index (χ0v) is 16.9. The van der Waals surface area contributed by atoms with Crippen LogP contribution in [0.5, 0.6) is 0 Å². The maximum absolute atomic E-state index is 12.1. The van der Waals surface area contributed by atoms with Gasteiger partial charge in [-0.15, -0.1) is 0 Å². The molecule has 0 aliphatic carbocycles. The second-order valence-corrected chi connectivity index (χ2v) is 6.86. The van der Waals surface area contributed by atoms with Crippen LogP contribution >= 0.6 is 0 Å². The minimum absolute atomic E-state index is 0.335. The summed E-state index contributed by atoms with van der Waals surface area (Å²) in [6.07, 6.45) is 2.99. The van der Waals surface area contributed by atoms with Gasteiger partial charge in [-0.1, -0.05) is 55.8 Å². The predicted molar refractivity (Wildman–Crippen MR) is 112 cm³/mol. The summed E-state index contributed by atoms with van der Waals surface area (Å²) in [5, 5.41) is 13.8. The molecule has 0 radical (unpaired) electrons. The van der Waals surface area contributed by atoms with Gasteiger partial charge in [0.15, 0.2) is 5.69 Å². The molecule has 5 nitrogen and oxygen atoms in total. The third-order valence-electron chi connectivity index (χ3n) is 4.78. The van der Waals surface area contributed by atoms with Gasteiger partial charge < -0.3 is 4.74 Å². The molecule has 0 saturated heterocycles. The minimum Gasteiger partial charge on any atom is -0.461 e. The molecule has 1 heterocycles. The first kappa shape index (κ1) is 20.3. The molecule has 0 bridgehead atoms. The number of hydrogen-bond acceptors (Lipinski definition) is 4. The number of aromatic nitrogens is 2. The molecular formula is C24H25N3O2. The zero-order chi connectivity index (χ0) is 20.6. The Kier molecular flexibility index (Phi) is 6.80. The van der Waals surface area contributed by atoms with Crippen LogP contribution in [-0.4, -0.2) is 22.4 Å². The number of nitrogens with zero attached hydrogens (tertiary/aromatic N) is 3. The van der Waals surface area contributed by atoms with Gasteiger partial charge in [0.2, 0.25) is 0 Å². The Hall–Kier alpha value is -3.39. The fraction of sp³-hybridized carbons (Fsp3) is 0.292. The number of esters is 1. The summed E-state index contributed by atoms with van der Waals surface area (Å²) >= 11 is 0. The summed E-state index contributed by atoms with van der Waals surface area (Å²) < 4.78 is 6.99. The van der Waals surface area contributed by atoms with Gasteiger partial charge in [0.1, 0.15) is 0 Å². The van der Waals surface area contributed by atoms with Crippen molar-refractivity contribution >= 4 is 5.97 Å². The number of carbonyl (C=O) groups excluding carboxylic acids is 1. The predicted octanol–water partition coefficient (Wildman–Crippen LogP) is 4.99. The van der Waals surface area contributed by atoms with Crippen molar-refractivity contribution < 1.29 is 9.53 Å². The van der Waals surface area contributed by atoms with Crippen molar-refractivity contribution in [2.24, 2.45) is 0 Å². The third kappa shape index (κ3) is 4.91. The van der Waals surface area contributed by atoms with E-state index in [0.717, 1.165) is 41.6 Å². The van der Waals surface area contributed by atoms with Gasteiger partial charge >= 0.3 is 5.97 Å². The number of benzene rings is 2. The van der Waals surface area contributed by atoms with Crippen molar-refractivity contribution in [3.63, 3.8) is 0 Å². The summed E-state index contributed by atoms with van der Waals surface area (Å²) in [6.45, 7) is 4.85. The van der Waals surface area contributed by atoms with Crippen molar-refractivity contribution in [3.05, 3.63) is 77.1 Å². The van der Waals surface area contributed by atoms with Crippen LogP contribution in [0.25, 0.3) is 11.1 Å². The van der Waals surface area contributed by atoms with Crippen LogP contribution in [-0.2, 0) is 17.7 Å². The second-order valence-electron chi connectivity index (χ2n) is 6.86. The molecule has 0 aliphatic heterocycles. The van der Waals surface area contributed by atoms with Gasteiger partial charge in [0.05, 0.1) is 24.8 Å². The SMILES string of the molecule is CCCCc1cc(C(=O)OCC)nn1Cc1ccc(-c2ccccc2C#N)cc1. The van der Waals surface area contributed by atoms with Crippen LogP contribution in [0, 0.1) is 11.3 Å². The fourth-order valence-corrected chi connectivity index (χ4v) is 3.25. The smallest absolute Gasteiger partial charge is 0.358 e. The molecular weight excluding hydrogens is 362 g/mol. The lowest BCUT2D eigenvalue weighted by Gasteiger charge is -2.09. The summed E-state index contributed by atoms with van der Waals surface area (Å²) in [4.78, 5) is 12.1. The average Bonchev–Trinajstić information content (AvgIpc) is 3.15. The van der Waals surface area contributed by atoms with E-state index >= 15 is 0 Å². The molecule has 29 heavy (non-hydrogen) atoms. The highest BCUT2D eigenvalue weighted by Crippen LogP contribution is 2.24. The largest absolute Gasteiger partial charge is 0.461 e. The quantitative estimate of drug-likeness (QED) is 0.511. The van der Waals surface area contributed by atoms with E-state index in [2.05, 4.69) is 18.1 Å². The summed E-state index contributed by atoms with van der Waals surface area (Å²) in [5.74, 6) is -0.382. The molecule has 0 atom stereocenters. The van der Waals surface area contributed by atoms with Gasteiger partial charge in [0.25, 0.3) is 0 Å². The maximum atomic E-state index is 12.1. The summed E-state index contributed by atoms with van der Waals surface area (Å²) in [5.41, 5.74) is 5.07. The van der Waals surface area contributed by atoms with E-state index < -0.39 is 0 Å². The average molecular weight is 387 g/mol. The molecule has 2 aromatic carbocycles. The van der Waals surface area contributed by atoms with Gasteiger partial charge in [-0.05, 0) is 48.6 Å². The highest BCUT2D eigenvalue weighted by Gasteiger charge is 2.15. The van der Waals surface area contributed by atoms with Crippen molar-refractivity contribution in [2.45, 2.75) is 39.7 Å². The Morgan fingerprint density at radius 3 is 2.59 bits per heavy atom. The number of unbranched alkanes of at least 4 members (excludes halogenated alkanes) is 1. The van der Waals surface area contributed by atoms with Crippen molar-refractivity contribution in [1.29, 1.82) is 5.26 Å². The third-order valence-corrected chi connectivity index (χ3v) is 4.78. The topological polar surface area (TPSA) is 67.9 Å². The second kappa shape index (κ2) is 9.70. The molecule has 0 spiro atoms. The molecule has 0 aliphatic rings. The number of hydrogen-bond donors (Lipinski definition) is 0. The maximum Gasteiger partial charge on any atom is 0.358 e. The van der Waals surface area contributed by atoms with Crippen LogP contribution in [0.1, 0.15) is 54.0 Å². The zero-order valence-electron chi connectivity index (χ0n) is 16.9. The van der Waals surface area contributed by atoms with E-state index in [1.165, 1.54) is 0 Å². The Bertz CT molecular complexity index is 1010. The number of aryl methyl sites for hydroxylation is 1. The molecule has 0 N–H and O–H groups in total. The Balaban J connectivity index is 1.83. The number of rotatable bonds is 8. The lowest BCUT2D eigenvalue weighted by molar-refractivity contribution is 0.0518. The van der Waals surface area contributed by atoms with E-state index in [-0.39, 0.29) is 5.97 Å². The molecule has 3 aromatic rings. The standard InChI is InChI=1S/C24H25N3O2/c1-3-5-9-21-15-23(24(28)29-4-2)26-27(21)17-18-11-13-19(14-12-18)22-10-7-6-8-20(22)16-25/h6-8,10-15H,3-5,9,17H2,1-2H3. The lowest BCUT2D eigenvalue weighted by atomic mass is 9.99. The lowest BCUT2D eigenvalue weighted by Crippen LogP contribution is -2.09. The van der Waals surface area contributed by atoms with E-state index in [1.807, 2.05) is 59.3 Å². The van der Waals surface area contributed by atoms with E-state index in [4.69, 9.17) is 4.74 Å². The van der Waals surface area contributed by atoms with E-state index in [9.17, 15) is 10.1 Å². The van der Waals surface area contributed by atoms with Gasteiger partial charge in [0, 0.05) is 5.69 Å². The number of ether oxygens (including phenoxy) is 1. The molecule has 148 valence electrons. The van der Waals surface area contributed by atoms with Crippen LogP contribution in [0.15, 0.2) is 54.6 Å². The Morgan fingerprint density at radius 2 is 1.90 bits per heavy atom. The first-order valence-electron chi connectivity index (χ1n) is 9.98. The normalized spacial score (nSPS) is 10.5. The highest BCUT2D eigenvalue weighted by atomic mass is 16.5. The molecule has 1 aromatic heterocycles. The number of nitriles is 1.